The minimum atomic E-state index is -0.562. The van der Waals surface area contributed by atoms with Gasteiger partial charge in [-0.3, -0.25) is 10.2 Å². The maximum atomic E-state index is 13.3. The molecule has 0 spiro atoms. The molecular weight excluding hydrogens is 376 g/mol. The lowest BCUT2D eigenvalue weighted by molar-refractivity contribution is -0.171. The van der Waals surface area contributed by atoms with Crippen LogP contribution in [-0.2, 0) is 4.79 Å². The zero-order valence-electron chi connectivity index (χ0n) is 19.0. The van der Waals surface area contributed by atoms with E-state index in [1.165, 1.54) is 12.8 Å². The molecule has 5 aliphatic rings. The van der Waals surface area contributed by atoms with Crippen LogP contribution in [0.2, 0.25) is 0 Å². The molecule has 1 heterocycles. The number of Topliss-reactive ketones (excluding diaryl/α,β-unsaturated/α-hetero) is 1. The molecule has 5 rings (SSSR count). The highest BCUT2D eigenvalue weighted by atomic mass is 16.3. The van der Waals surface area contributed by atoms with E-state index in [4.69, 9.17) is 0 Å². The molecule has 0 bridgehead atoms. The molecule has 170 valence electrons. The molecule has 4 aliphatic carbocycles. The predicted molar refractivity (Wildman–Crippen MR) is 116 cm³/mol. The summed E-state index contributed by atoms with van der Waals surface area (Å²) in [6, 6.07) is 0. The van der Waals surface area contributed by atoms with Crippen LogP contribution in [0.1, 0.15) is 78.1 Å². The highest BCUT2D eigenvalue weighted by Gasteiger charge is 2.62. The summed E-state index contributed by atoms with van der Waals surface area (Å²) >= 11 is 0. The van der Waals surface area contributed by atoms with Gasteiger partial charge >= 0.3 is 0 Å². The van der Waals surface area contributed by atoms with Crippen molar-refractivity contribution in [1.82, 2.24) is 10.4 Å². The summed E-state index contributed by atoms with van der Waals surface area (Å²) in [5.74, 6) is 2.97. The number of fused-ring (bicyclic) bond motifs is 5. The molecule has 5 nitrogen and oxygen atoms in total. The normalized spacial score (nSPS) is 51.3. The maximum absolute atomic E-state index is 13.3. The number of aliphatic hydroxyl groups excluding tert-OH is 1. The number of nitrogens with zero attached hydrogens (tertiary/aromatic N) is 1. The number of nitrogens with one attached hydrogen (secondary N) is 1. The number of rotatable bonds is 4. The zero-order valence-corrected chi connectivity index (χ0v) is 19.0. The number of hydrazine groups is 1. The largest absolute Gasteiger partial charge is 0.396 e. The molecule has 0 radical (unpaired) electrons. The third-order valence-electron chi connectivity index (χ3n) is 10.6. The molecule has 5 fully saturated rings. The highest BCUT2D eigenvalue weighted by Crippen LogP contribution is 2.68. The summed E-state index contributed by atoms with van der Waals surface area (Å²) in [6.07, 6.45) is 10.7. The number of hydrogen-bond acceptors (Lipinski definition) is 5. The van der Waals surface area contributed by atoms with Crippen molar-refractivity contribution >= 4 is 5.78 Å². The molecule has 5 heteroatoms. The van der Waals surface area contributed by atoms with Crippen LogP contribution in [0.5, 0.6) is 0 Å². The van der Waals surface area contributed by atoms with Gasteiger partial charge in [-0.25, -0.2) is 5.01 Å². The van der Waals surface area contributed by atoms with Crippen molar-refractivity contribution in [2.75, 3.05) is 26.2 Å². The van der Waals surface area contributed by atoms with Crippen LogP contribution in [0.3, 0.4) is 0 Å². The molecular formula is C25H42N2O3. The van der Waals surface area contributed by atoms with Gasteiger partial charge in [0.15, 0.2) is 5.78 Å². The van der Waals surface area contributed by atoms with Gasteiger partial charge in [-0.05, 0) is 106 Å². The van der Waals surface area contributed by atoms with Crippen molar-refractivity contribution in [2.24, 2.45) is 40.4 Å². The summed E-state index contributed by atoms with van der Waals surface area (Å²) in [4.78, 5) is 13.3. The molecule has 0 aromatic heterocycles. The van der Waals surface area contributed by atoms with Crippen molar-refractivity contribution in [2.45, 2.75) is 83.7 Å². The standard InChI is InChI=1S/C25H42N2O3/c1-23(30)10-11-25(16-28)17(14-23)4-5-18-19-6-7-21(24(19,2)9-8-20(18)25)22(29)15-27-13-3-12-26-27/h17-21,26,28,30H,3-16H2,1-2H3/t17-,18-,19-,20-,21+,23+,24-,25+/m0/s1. The highest BCUT2D eigenvalue weighted by molar-refractivity contribution is 5.84. The summed E-state index contributed by atoms with van der Waals surface area (Å²) in [5.41, 5.74) is 2.94. The molecule has 1 aliphatic heterocycles. The van der Waals surface area contributed by atoms with Crippen molar-refractivity contribution in [3.05, 3.63) is 0 Å². The molecule has 4 saturated carbocycles. The first-order valence-corrected chi connectivity index (χ1v) is 12.6. The fourth-order valence-corrected chi connectivity index (χ4v) is 9.09. The molecule has 0 unspecified atom stereocenters. The lowest BCUT2D eigenvalue weighted by atomic mass is 9.43. The van der Waals surface area contributed by atoms with Gasteiger partial charge in [0, 0.05) is 25.6 Å². The summed E-state index contributed by atoms with van der Waals surface area (Å²) in [6.45, 7) is 7.25. The number of carbonyl (C=O) groups is 1. The van der Waals surface area contributed by atoms with Crippen LogP contribution in [-0.4, -0.2) is 52.8 Å². The first-order chi connectivity index (χ1) is 14.3. The van der Waals surface area contributed by atoms with Gasteiger partial charge in [0.2, 0.25) is 0 Å². The third kappa shape index (κ3) is 3.22. The Morgan fingerprint density at radius 2 is 1.90 bits per heavy atom. The topological polar surface area (TPSA) is 72.8 Å². The smallest absolute Gasteiger partial charge is 0.151 e. The molecule has 0 amide bonds. The van der Waals surface area contributed by atoms with Crippen molar-refractivity contribution in [1.29, 1.82) is 0 Å². The third-order valence-corrected chi connectivity index (χ3v) is 10.6. The van der Waals surface area contributed by atoms with E-state index < -0.39 is 5.60 Å². The van der Waals surface area contributed by atoms with Crippen LogP contribution >= 0.6 is 0 Å². The Kier molecular flexibility index (Phi) is 5.37. The molecule has 8 atom stereocenters. The lowest BCUT2D eigenvalue weighted by Crippen LogP contribution is -2.58. The first-order valence-electron chi connectivity index (χ1n) is 12.6. The van der Waals surface area contributed by atoms with E-state index in [1.54, 1.807) is 0 Å². The Bertz CT molecular complexity index is 675. The summed E-state index contributed by atoms with van der Waals surface area (Å²) < 4.78 is 0. The second-order valence-electron chi connectivity index (χ2n) is 12.1. The Morgan fingerprint density at radius 1 is 1.07 bits per heavy atom. The average Bonchev–Trinajstić information content (AvgIpc) is 3.34. The molecule has 0 aromatic carbocycles. The van der Waals surface area contributed by atoms with Gasteiger partial charge in [-0.15, -0.1) is 0 Å². The van der Waals surface area contributed by atoms with E-state index in [2.05, 4.69) is 17.4 Å². The summed E-state index contributed by atoms with van der Waals surface area (Å²) in [7, 11) is 0. The van der Waals surface area contributed by atoms with Gasteiger partial charge in [0.1, 0.15) is 0 Å². The lowest BCUT2D eigenvalue weighted by Gasteiger charge is -2.62. The molecule has 3 N–H and O–H groups in total. The Morgan fingerprint density at radius 3 is 2.63 bits per heavy atom. The van der Waals surface area contributed by atoms with E-state index in [0.29, 0.717) is 36.0 Å². The van der Waals surface area contributed by atoms with E-state index in [-0.39, 0.29) is 23.4 Å². The van der Waals surface area contributed by atoms with Gasteiger partial charge in [0.25, 0.3) is 0 Å². The quantitative estimate of drug-likeness (QED) is 0.654. The fourth-order valence-electron chi connectivity index (χ4n) is 9.09. The van der Waals surface area contributed by atoms with E-state index in [0.717, 1.165) is 64.5 Å². The minimum Gasteiger partial charge on any atom is -0.396 e. The van der Waals surface area contributed by atoms with Crippen LogP contribution in [0.25, 0.3) is 0 Å². The van der Waals surface area contributed by atoms with Crippen LogP contribution in [0, 0.1) is 40.4 Å². The van der Waals surface area contributed by atoms with Crippen molar-refractivity contribution < 1.29 is 15.0 Å². The Labute approximate surface area is 181 Å². The Hall–Kier alpha value is -0.490. The number of carbonyl (C=O) groups excluding carboxylic acids is 1. The molecule has 0 aromatic rings. The maximum Gasteiger partial charge on any atom is 0.151 e. The monoisotopic (exact) mass is 418 g/mol. The predicted octanol–water partition coefficient (Wildman–Crippen LogP) is 3.15. The number of hydrogen-bond donors (Lipinski definition) is 3. The second kappa shape index (κ2) is 7.54. The van der Waals surface area contributed by atoms with Crippen molar-refractivity contribution in [3.8, 4) is 0 Å². The van der Waals surface area contributed by atoms with Crippen LogP contribution in [0.15, 0.2) is 0 Å². The fraction of sp³-hybridized carbons (Fsp3) is 0.960. The zero-order chi connectivity index (χ0) is 21.1. The van der Waals surface area contributed by atoms with Crippen molar-refractivity contribution in [3.63, 3.8) is 0 Å². The Balaban J connectivity index is 1.35. The van der Waals surface area contributed by atoms with Gasteiger partial charge < -0.3 is 10.2 Å². The van der Waals surface area contributed by atoms with Crippen LogP contribution in [0.4, 0.5) is 0 Å². The molecule has 30 heavy (non-hydrogen) atoms. The van der Waals surface area contributed by atoms with E-state index in [1.807, 2.05) is 6.92 Å². The number of ketones is 1. The molecule has 1 saturated heterocycles. The van der Waals surface area contributed by atoms with Gasteiger partial charge in [-0.2, -0.15) is 0 Å². The minimum absolute atomic E-state index is 0.00799. The average molecular weight is 419 g/mol. The number of aliphatic hydroxyl groups is 2. The van der Waals surface area contributed by atoms with Crippen LogP contribution < -0.4 is 5.43 Å². The summed E-state index contributed by atoms with van der Waals surface area (Å²) in [5, 5.41) is 23.5. The first kappa shape index (κ1) is 21.4. The van der Waals surface area contributed by atoms with Gasteiger partial charge in [0.05, 0.1) is 12.1 Å². The van der Waals surface area contributed by atoms with Gasteiger partial charge in [-0.1, -0.05) is 6.92 Å². The van der Waals surface area contributed by atoms with E-state index >= 15 is 0 Å². The second-order valence-corrected chi connectivity index (χ2v) is 12.1. The van der Waals surface area contributed by atoms with E-state index in [9.17, 15) is 15.0 Å². The SMILES string of the molecule is C[C@@]1(O)CC[C@@]2(CO)[C@@H](CC[C@H]3[C@@H]4CC[C@H](C(=O)CN5CCCN5)[C@@]4(C)CC[C@@H]32)C1.